The molecule has 2 amide bonds. The van der Waals surface area contributed by atoms with Crippen molar-refractivity contribution in [3.63, 3.8) is 0 Å². The van der Waals surface area contributed by atoms with Crippen LogP contribution in [-0.2, 0) is 6.54 Å². The van der Waals surface area contributed by atoms with Gasteiger partial charge in [-0.2, -0.15) is 0 Å². The summed E-state index contributed by atoms with van der Waals surface area (Å²) in [4.78, 5) is 17.7. The van der Waals surface area contributed by atoms with Crippen molar-refractivity contribution in [3.05, 3.63) is 59.9 Å². The topological polar surface area (TPSA) is 45.2 Å². The third kappa shape index (κ3) is 4.31. The molecule has 0 radical (unpaired) electrons. The Balaban J connectivity index is 1.94. The molecule has 0 fully saturated rings. The molecule has 0 saturated heterocycles. The maximum Gasteiger partial charge on any atom is 0.321 e. The number of nitrogens with one attached hydrogen (secondary N) is 1. The summed E-state index contributed by atoms with van der Waals surface area (Å²) in [5, 5.41) is 2.82. The number of hydrogen-bond acceptors (Lipinski definition) is 2. The van der Waals surface area contributed by atoms with Gasteiger partial charge in [0, 0.05) is 19.8 Å². The van der Waals surface area contributed by atoms with Crippen molar-refractivity contribution < 1.29 is 4.79 Å². The number of hydrogen-bond donors (Lipinski definition) is 1. The van der Waals surface area contributed by atoms with Crippen LogP contribution in [-0.4, -0.2) is 23.0 Å². The van der Waals surface area contributed by atoms with E-state index >= 15 is 0 Å². The van der Waals surface area contributed by atoms with Gasteiger partial charge in [-0.3, -0.25) is 4.98 Å². The van der Waals surface area contributed by atoms with Gasteiger partial charge in [0.1, 0.15) is 0 Å². The van der Waals surface area contributed by atoms with Crippen LogP contribution in [0.5, 0.6) is 0 Å². The molecule has 1 N–H and O–H groups in total. The van der Waals surface area contributed by atoms with Gasteiger partial charge in [-0.25, -0.2) is 4.79 Å². The van der Waals surface area contributed by atoms with Crippen LogP contribution in [0.4, 0.5) is 10.5 Å². The lowest BCUT2D eigenvalue weighted by Gasteiger charge is -2.18. The summed E-state index contributed by atoms with van der Waals surface area (Å²) in [6.07, 6.45) is 3.30. The van der Waals surface area contributed by atoms with Crippen LogP contribution >= 0.6 is 0 Å². The summed E-state index contributed by atoms with van der Waals surface area (Å²) in [6.45, 7) is 4.91. The van der Waals surface area contributed by atoms with Gasteiger partial charge in [-0.05, 0) is 29.2 Å². The Hall–Kier alpha value is -2.36. The average Bonchev–Trinajstić information content (AvgIpc) is 2.48. The van der Waals surface area contributed by atoms with Crippen LogP contribution in [0.1, 0.15) is 30.9 Å². The zero-order valence-electron chi connectivity index (χ0n) is 12.7. The molecule has 0 unspecified atom stereocenters. The zero-order chi connectivity index (χ0) is 15.2. The van der Waals surface area contributed by atoms with E-state index in [1.165, 1.54) is 5.56 Å². The minimum absolute atomic E-state index is 0.143. The number of aromatic nitrogens is 1. The second-order valence-electron chi connectivity index (χ2n) is 5.42. The Morgan fingerprint density at radius 1 is 1.24 bits per heavy atom. The largest absolute Gasteiger partial charge is 0.323 e. The lowest BCUT2D eigenvalue weighted by Crippen LogP contribution is -2.30. The van der Waals surface area contributed by atoms with Crippen LogP contribution < -0.4 is 5.32 Å². The molecule has 0 aliphatic carbocycles. The van der Waals surface area contributed by atoms with Crippen LogP contribution in [0.3, 0.4) is 0 Å². The molecular formula is C17H21N3O. The molecule has 0 bridgehead atoms. The van der Waals surface area contributed by atoms with Crippen molar-refractivity contribution in [1.82, 2.24) is 9.88 Å². The summed E-state index contributed by atoms with van der Waals surface area (Å²) in [5.41, 5.74) is 3.12. The number of anilines is 1. The third-order valence-electron chi connectivity index (χ3n) is 3.33. The smallest absolute Gasteiger partial charge is 0.321 e. The molecule has 4 heteroatoms. The second-order valence-corrected chi connectivity index (χ2v) is 5.42. The van der Waals surface area contributed by atoms with Crippen molar-refractivity contribution in [2.45, 2.75) is 26.3 Å². The summed E-state index contributed by atoms with van der Waals surface area (Å²) >= 11 is 0. The molecule has 110 valence electrons. The Morgan fingerprint density at radius 3 is 2.52 bits per heavy atom. The number of carbonyl (C=O) groups excluding carboxylic acids is 1. The van der Waals surface area contributed by atoms with E-state index in [0.717, 1.165) is 5.56 Å². The maximum absolute atomic E-state index is 12.1. The van der Waals surface area contributed by atoms with Crippen molar-refractivity contribution in [1.29, 1.82) is 0 Å². The quantitative estimate of drug-likeness (QED) is 0.925. The fourth-order valence-corrected chi connectivity index (χ4v) is 2.01. The van der Waals surface area contributed by atoms with Crippen LogP contribution in [0.15, 0.2) is 48.8 Å². The molecular weight excluding hydrogens is 262 g/mol. The molecule has 2 rings (SSSR count). The number of carbonyl (C=O) groups is 1. The van der Waals surface area contributed by atoms with Gasteiger partial charge in [-0.1, -0.05) is 38.1 Å². The molecule has 1 aromatic heterocycles. The standard InChI is InChI=1S/C17H21N3O/c1-13(2)15-8-6-14(7-9-15)12-20(3)17(21)19-16-5-4-10-18-11-16/h4-11,13H,12H2,1-3H3,(H,19,21). The minimum atomic E-state index is -0.143. The first-order valence-electron chi connectivity index (χ1n) is 7.07. The van der Waals surface area contributed by atoms with E-state index in [1.807, 2.05) is 6.07 Å². The highest BCUT2D eigenvalue weighted by Crippen LogP contribution is 2.15. The number of nitrogens with zero attached hydrogens (tertiary/aromatic N) is 2. The first-order valence-corrected chi connectivity index (χ1v) is 7.07. The minimum Gasteiger partial charge on any atom is -0.323 e. The van der Waals surface area contributed by atoms with Gasteiger partial charge in [0.05, 0.1) is 11.9 Å². The zero-order valence-corrected chi connectivity index (χ0v) is 12.7. The Bertz CT molecular complexity index is 579. The third-order valence-corrected chi connectivity index (χ3v) is 3.33. The highest BCUT2D eigenvalue weighted by Gasteiger charge is 2.09. The number of benzene rings is 1. The van der Waals surface area contributed by atoms with Crippen LogP contribution in [0.2, 0.25) is 0 Å². The van der Waals surface area contributed by atoms with Gasteiger partial charge in [0.25, 0.3) is 0 Å². The molecule has 0 atom stereocenters. The van der Waals surface area contributed by atoms with Gasteiger partial charge >= 0.3 is 6.03 Å². The molecule has 0 aliphatic rings. The number of amides is 2. The maximum atomic E-state index is 12.1. The highest BCUT2D eigenvalue weighted by atomic mass is 16.2. The van der Waals surface area contributed by atoms with Crippen LogP contribution in [0.25, 0.3) is 0 Å². The number of rotatable bonds is 4. The fraction of sp³-hybridized carbons (Fsp3) is 0.294. The summed E-state index contributed by atoms with van der Waals surface area (Å²) < 4.78 is 0. The van der Waals surface area contributed by atoms with Crippen molar-refractivity contribution in [3.8, 4) is 0 Å². The molecule has 1 aromatic carbocycles. The average molecular weight is 283 g/mol. The van der Waals surface area contributed by atoms with Gasteiger partial charge in [0.2, 0.25) is 0 Å². The predicted octanol–water partition coefficient (Wildman–Crippen LogP) is 3.87. The van der Waals surface area contributed by atoms with E-state index in [-0.39, 0.29) is 6.03 Å². The Labute approximate surface area is 125 Å². The number of pyridine rings is 1. The molecule has 21 heavy (non-hydrogen) atoms. The van der Waals surface area contributed by atoms with E-state index < -0.39 is 0 Å². The summed E-state index contributed by atoms with van der Waals surface area (Å²) in [6, 6.07) is 11.8. The van der Waals surface area contributed by atoms with Crippen molar-refractivity contribution in [2.75, 3.05) is 12.4 Å². The van der Waals surface area contributed by atoms with Crippen molar-refractivity contribution in [2.24, 2.45) is 0 Å². The van der Waals surface area contributed by atoms with E-state index in [9.17, 15) is 4.79 Å². The lowest BCUT2D eigenvalue weighted by molar-refractivity contribution is 0.220. The van der Waals surface area contributed by atoms with E-state index in [4.69, 9.17) is 0 Å². The molecule has 2 aromatic rings. The van der Waals surface area contributed by atoms with E-state index in [2.05, 4.69) is 48.4 Å². The van der Waals surface area contributed by atoms with Gasteiger partial charge < -0.3 is 10.2 Å². The predicted molar refractivity (Wildman–Crippen MR) is 85.3 cm³/mol. The van der Waals surface area contributed by atoms with Gasteiger partial charge in [0.15, 0.2) is 0 Å². The molecule has 1 heterocycles. The Morgan fingerprint density at radius 2 is 1.95 bits per heavy atom. The van der Waals surface area contributed by atoms with Gasteiger partial charge in [-0.15, -0.1) is 0 Å². The van der Waals surface area contributed by atoms with E-state index in [0.29, 0.717) is 18.2 Å². The van der Waals surface area contributed by atoms with E-state index in [1.54, 1.807) is 30.4 Å². The molecule has 0 aliphatic heterocycles. The second kappa shape index (κ2) is 6.88. The number of urea groups is 1. The first kappa shape index (κ1) is 15.0. The van der Waals surface area contributed by atoms with Crippen LogP contribution in [0, 0.1) is 0 Å². The Kier molecular flexibility index (Phi) is 4.93. The molecule has 0 saturated carbocycles. The van der Waals surface area contributed by atoms with Crippen molar-refractivity contribution >= 4 is 11.7 Å². The molecule has 4 nitrogen and oxygen atoms in total. The monoisotopic (exact) mass is 283 g/mol. The fourth-order valence-electron chi connectivity index (χ4n) is 2.01. The normalized spacial score (nSPS) is 10.5. The SMILES string of the molecule is CC(C)c1ccc(CN(C)C(=O)Nc2cccnc2)cc1. The lowest BCUT2D eigenvalue weighted by atomic mass is 10.0. The summed E-state index contributed by atoms with van der Waals surface area (Å²) in [7, 11) is 1.78. The molecule has 0 spiro atoms. The summed E-state index contributed by atoms with van der Waals surface area (Å²) in [5.74, 6) is 0.519. The first-order chi connectivity index (χ1) is 10.1. The highest BCUT2D eigenvalue weighted by molar-refractivity contribution is 5.88.